The third-order valence-corrected chi connectivity index (χ3v) is 4.30. The second-order valence-electron chi connectivity index (χ2n) is 6.37. The van der Waals surface area contributed by atoms with Crippen molar-refractivity contribution in [1.82, 2.24) is 0 Å². The highest BCUT2D eigenvalue weighted by Crippen LogP contribution is 2.20. The van der Waals surface area contributed by atoms with Crippen molar-refractivity contribution in [3.05, 3.63) is 48.5 Å². The molecule has 0 atom stereocenters. The van der Waals surface area contributed by atoms with Crippen molar-refractivity contribution in [3.8, 4) is 0 Å². The molecule has 144 valence electrons. The standard InChI is InChI=1S/C11H18N2O4.C10H8/c12-9(16)5-3-1-2-4-6-11(7-14,8-15)10(13)17;1-2-6-10-8-4-3-7-9(10)5-1/h7-8H,1-6H2,(H2,12,16)(H2,13,17);1-8H. The summed E-state index contributed by atoms with van der Waals surface area (Å²) in [7, 11) is 0. The molecule has 0 fully saturated rings. The molecule has 0 saturated carbocycles. The molecule has 0 bridgehead atoms. The van der Waals surface area contributed by atoms with Crippen molar-refractivity contribution < 1.29 is 19.2 Å². The SMILES string of the molecule is NC(=O)CCCCCCC(C=O)(C=O)C(N)=O.c1ccc2ccccc2c1. The van der Waals surface area contributed by atoms with Crippen LogP contribution >= 0.6 is 0 Å². The molecule has 2 amide bonds. The molecule has 6 heteroatoms. The zero-order valence-corrected chi connectivity index (χ0v) is 15.3. The van der Waals surface area contributed by atoms with Gasteiger partial charge >= 0.3 is 0 Å². The van der Waals surface area contributed by atoms with Crippen LogP contribution in [0, 0.1) is 5.41 Å². The molecule has 0 unspecified atom stereocenters. The van der Waals surface area contributed by atoms with Crippen molar-refractivity contribution in [2.45, 2.75) is 38.5 Å². The Balaban J connectivity index is 0.000000303. The maximum atomic E-state index is 11.0. The number of nitrogens with two attached hydrogens (primary N) is 2. The second-order valence-corrected chi connectivity index (χ2v) is 6.37. The van der Waals surface area contributed by atoms with Crippen molar-refractivity contribution in [1.29, 1.82) is 0 Å². The number of fused-ring (bicyclic) bond motifs is 1. The van der Waals surface area contributed by atoms with Gasteiger partial charge in [0.25, 0.3) is 0 Å². The van der Waals surface area contributed by atoms with Gasteiger partial charge in [-0.3, -0.25) is 9.59 Å². The van der Waals surface area contributed by atoms with Crippen LogP contribution in [0.15, 0.2) is 48.5 Å². The Morgan fingerprint density at radius 3 is 1.59 bits per heavy atom. The highest BCUT2D eigenvalue weighted by molar-refractivity contribution is 6.09. The zero-order valence-electron chi connectivity index (χ0n) is 15.3. The molecule has 2 aromatic rings. The summed E-state index contributed by atoms with van der Waals surface area (Å²) in [5, 5.41) is 2.62. The molecule has 0 aliphatic heterocycles. The largest absolute Gasteiger partial charge is 0.370 e. The third kappa shape index (κ3) is 7.40. The van der Waals surface area contributed by atoms with Gasteiger partial charge in [0, 0.05) is 6.42 Å². The summed E-state index contributed by atoms with van der Waals surface area (Å²) in [5.41, 5.74) is 8.29. The van der Waals surface area contributed by atoms with Crippen LogP contribution in [-0.2, 0) is 19.2 Å². The van der Waals surface area contributed by atoms with Crippen LogP contribution in [-0.4, -0.2) is 24.4 Å². The van der Waals surface area contributed by atoms with Crippen LogP contribution in [0.1, 0.15) is 38.5 Å². The molecule has 0 aromatic heterocycles. The van der Waals surface area contributed by atoms with Crippen molar-refractivity contribution >= 4 is 35.2 Å². The molecule has 2 aromatic carbocycles. The Bertz CT molecular complexity index is 700. The van der Waals surface area contributed by atoms with E-state index in [1.807, 2.05) is 0 Å². The van der Waals surface area contributed by atoms with Crippen LogP contribution in [0.3, 0.4) is 0 Å². The number of hydrogen-bond acceptors (Lipinski definition) is 4. The van der Waals surface area contributed by atoms with Gasteiger partial charge in [-0.05, 0) is 23.6 Å². The Labute approximate surface area is 158 Å². The molecule has 0 heterocycles. The zero-order chi connectivity index (χ0) is 20.1. The van der Waals surface area contributed by atoms with E-state index in [4.69, 9.17) is 11.5 Å². The monoisotopic (exact) mass is 370 g/mol. The fraction of sp³-hybridized carbons (Fsp3) is 0.333. The summed E-state index contributed by atoms with van der Waals surface area (Å²) in [5.74, 6) is -1.27. The van der Waals surface area contributed by atoms with E-state index >= 15 is 0 Å². The molecule has 6 nitrogen and oxygen atoms in total. The Morgan fingerprint density at radius 2 is 1.22 bits per heavy atom. The summed E-state index contributed by atoms with van der Waals surface area (Å²) in [6.07, 6.45) is 3.70. The van der Waals surface area contributed by atoms with Gasteiger partial charge in [0.1, 0.15) is 12.6 Å². The van der Waals surface area contributed by atoms with Crippen molar-refractivity contribution in [2.75, 3.05) is 0 Å². The number of aldehydes is 2. The first-order chi connectivity index (χ1) is 12.9. The maximum absolute atomic E-state index is 11.0. The lowest BCUT2D eigenvalue weighted by atomic mass is 9.85. The van der Waals surface area contributed by atoms with Crippen molar-refractivity contribution in [3.63, 3.8) is 0 Å². The minimum atomic E-state index is -1.69. The topological polar surface area (TPSA) is 120 Å². The third-order valence-electron chi connectivity index (χ3n) is 4.30. The van der Waals surface area contributed by atoms with Crippen LogP contribution in [0.4, 0.5) is 0 Å². The number of primary amides is 2. The summed E-state index contributed by atoms with van der Waals surface area (Å²) >= 11 is 0. The number of amides is 2. The Morgan fingerprint density at radius 1 is 0.778 bits per heavy atom. The lowest BCUT2D eigenvalue weighted by molar-refractivity contribution is -0.139. The quantitative estimate of drug-likeness (QED) is 0.379. The fourth-order valence-electron chi connectivity index (χ4n) is 2.59. The first kappa shape index (κ1) is 22.0. The summed E-state index contributed by atoms with van der Waals surface area (Å²) < 4.78 is 0. The minimum Gasteiger partial charge on any atom is -0.370 e. The van der Waals surface area contributed by atoms with Gasteiger partial charge in [-0.1, -0.05) is 67.8 Å². The van der Waals surface area contributed by atoms with E-state index in [2.05, 4.69) is 48.5 Å². The lowest BCUT2D eigenvalue weighted by Gasteiger charge is -2.16. The summed E-state index contributed by atoms with van der Waals surface area (Å²) in [4.78, 5) is 42.9. The highest BCUT2D eigenvalue weighted by Gasteiger charge is 2.35. The first-order valence-electron chi connectivity index (χ1n) is 8.90. The van der Waals surface area contributed by atoms with E-state index in [0.29, 0.717) is 38.3 Å². The van der Waals surface area contributed by atoms with Gasteiger partial charge in [-0.15, -0.1) is 0 Å². The van der Waals surface area contributed by atoms with Crippen LogP contribution in [0.2, 0.25) is 0 Å². The Hall–Kier alpha value is -3.02. The van der Waals surface area contributed by atoms with E-state index in [0.717, 1.165) is 6.42 Å². The summed E-state index contributed by atoms with van der Waals surface area (Å²) in [6, 6.07) is 16.7. The predicted molar refractivity (Wildman–Crippen MR) is 105 cm³/mol. The van der Waals surface area contributed by atoms with Gasteiger partial charge in [-0.2, -0.15) is 0 Å². The van der Waals surface area contributed by atoms with Gasteiger partial charge in [0.2, 0.25) is 11.8 Å². The number of hydrogen-bond donors (Lipinski definition) is 2. The molecule has 27 heavy (non-hydrogen) atoms. The van der Waals surface area contributed by atoms with Gasteiger partial charge in [-0.25, -0.2) is 0 Å². The normalized spacial score (nSPS) is 10.5. The molecular formula is C21H26N2O4. The average Bonchev–Trinajstić information content (AvgIpc) is 2.68. The average molecular weight is 370 g/mol. The smallest absolute Gasteiger partial charge is 0.238 e. The van der Waals surface area contributed by atoms with E-state index in [1.165, 1.54) is 10.8 Å². The summed E-state index contributed by atoms with van der Waals surface area (Å²) in [6.45, 7) is 0. The number of carbonyl (C=O) groups excluding carboxylic acids is 4. The van der Waals surface area contributed by atoms with Crippen LogP contribution in [0.5, 0.6) is 0 Å². The number of rotatable bonds is 10. The maximum Gasteiger partial charge on any atom is 0.238 e. The molecule has 0 aliphatic rings. The predicted octanol–water partition coefficient (Wildman–Crippen LogP) is 2.52. The van der Waals surface area contributed by atoms with E-state index < -0.39 is 11.3 Å². The van der Waals surface area contributed by atoms with Crippen LogP contribution in [0.25, 0.3) is 10.8 Å². The van der Waals surface area contributed by atoms with Crippen LogP contribution < -0.4 is 11.5 Å². The van der Waals surface area contributed by atoms with Gasteiger partial charge in [0.15, 0.2) is 5.41 Å². The first-order valence-corrected chi connectivity index (χ1v) is 8.90. The molecule has 0 saturated heterocycles. The van der Waals surface area contributed by atoms with Gasteiger partial charge < -0.3 is 21.1 Å². The van der Waals surface area contributed by atoms with E-state index in [9.17, 15) is 19.2 Å². The highest BCUT2D eigenvalue weighted by atomic mass is 16.2. The van der Waals surface area contributed by atoms with Gasteiger partial charge in [0.05, 0.1) is 0 Å². The molecule has 0 aliphatic carbocycles. The minimum absolute atomic E-state index is 0.117. The molecule has 2 rings (SSSR count). The number of benzene rings is 2. The lowest BCUT2D eigenvalue weighted by Crippen LogP contribution is -2.40. The van der Waals surface area contributed by atoms with Crippen molar-refractivity contribution in [2.24, 2.45) is 16.9 Å². The molecule has 0 radical (unpaired) electrons. The number of unbranched alkanes of at least 4 members (excludes halogenated alkanes) is 3. The van der Waals surface area contributed by atoms with E-state index in [1.54, 1.807) is 0 Å². The molecule has 0 spiro atoms. The Kier molecular flexibility index (Phi) is 9.43. The number of carbonyl (C=O) groups is 4. The van der Waals surface area contributed by atoms with E-state index in [-0.39, 0.29) is 12.3 Å². The molecule has 4 N–H and O–H groups in total. The fourth-order valence-corrected chi connectivity index (χ4v) is 2.59. The second kappa shape index (κ2) is 11.6. The molecular weight excluding hydrogens is 344 g/mol.